The van der Waals surface area contributed by atoms with Gasteiger partial charge in [0, 0.05) is 10.5 Å². The number of nitrogens with two attached hydrogens (primary N) is 1. The minimum Gasteiger partial charge on any atom is -0.351 e. The summed E-state index contributed by atoms with van der Waals surface area (Å²) >= 11 is 3.45. The summed E-state index contributed by atoms with van der Waals surface area (Å²) in [5.74, 6) is -0.443. The minimum absolute atomic E-state index is 0.0331. The molecule has 0 radical (unpaired) electrons. The van der Waals surface area contributed by atoms with Crippen molar-refractivity contribution in [2.75, 3.05) is 0 Å². The van der Waals surface area contributed by atoms with Crippen LogP contribution in [0.1, 0.15) is 25.5 Å². The normalized spacial score (nSPS) is 13.7. The van der Waals surface area contributed by atoms with Gasteiger partial charge in [0.05, 0.1) is 6.04 Å². The topological polar surface area (TPSA) is 84.2 Å². The van der Waals surface area contributed by atoms with E-state index in [2.05, 4.69) is 21.2 Å². The van der Waals surface area contributed by atoms with Crippen LogP contribution in [0.5, 0.6) is 0 Å². The number of hydrogen-bond acceptors (Lipinski definition) is 3. The maximum atomic E-state index is 11.5. The summed E-state index contributed by atoms with van der Waals surface area (Å²) in [6, 6.07) is 6.34. The van der Waals surface area contributed by atoms with Crippen LogP contribution in [0.4, 0.5) is 4.79 Å². The second-order valence-electron chi connectivity index (χ2n) is 3.99. The minimum atomic E-state index is -0.845. The lowest BCUT2D eigenvalue weighted by molar-refractivity contribution is -0.121. The molecular weight excluding hydrogens is 298 g/mol. The molecule has 2 atom stereocenters. The molecule has 0 saturated carbocycles. The Labute approximate surface area is 114 Å². The summed E-state index contributed by atoms with van der Waals surface area (Å²) in [5.41, 5.74) is 5.93. The molecule has 5 nitrogen and oxygen atoms in total. The van der Waals surface area contributed by atoms with Crippen molar-refractivity contribution in [3.63, 3.8) is 0 Å². The third-order valence-corrected chi connectivity index (χ3v) is 3.23. The number of benzene rings is 1. The van der Waals surface area contributed by atoms with Crippen LogP contribution in [-0.2, 0) is 4.79 Å². The summed E-state index contributed by atoms with van der Waals surface area (Å²) < 4.78 is 0.965. The van der Waals surface area contributed by atoms with Crippen LogP contribution in [-0.4, -0.2) is 18.0 Å². The van der Waals surface area contributed by atoms with Crippen LogP contribution in [0.3, 0.4) is 0 Å². The maximum Gasteiger partial charge on any atom is 0.318 e. The summed E-state index contributed by atoms with van der Waals surface area (Å²) in [6.07, 6.45) is 0. The van der Waals surface area contributed by atoms with E-state index in [1.807, 2.05) is 36.5 Å². The molecular formula is C12H16BrN3O2. The smallest absolute Gasteiger partial charge is 0.318 e. The molecule has 6 heteroatoms. The van der Waals surface area contributed by atoms with E-state index >= 15 is 0 Å². The van der Waals surface area contributed by atoms with Crippen molar-refractivity contribution >= 4 is 27.9 Å². The van der Waals surface area contributed by atoms with E-state index in [0.29, 0.717) is 0 Å². The molecule has 1 unspecified atom stereocenters. The van der Waals surface area contributed by atoms with Gasteiger partial charge in [-0.15, -0.1) is 0 Å². The molecule has 0 bridgehead atoms. The fourth-order valence-corrected chi connectivity index (χ4v) is 2.22. The molecule has 0 spiro atoms. The van der Waals surface area contributed by atoms with Crippen LogP contribution in [0.15, 0.2) is 28.7 Å². The zero-order chi connectivity index (χ0) is 13.7. The molecule has 98 valence electrons. The number of halogens is 1. The van der Waals surface area contributed by atoms with Crippen molar-refractivity contribution in [1.82, 2.24) is 10.6 Å². The molecule has 1 aromatic carbocycles. The number of carbonyl (C=O) groups is 2. The molecule has 1 rings (SSSR count). The zero-order valence-electron chi connectivity index (χ0n) is 10.2. The Morgan fingerprint density at radius 2 is 1.89 bits per heavy atom. The number of hydrogen-bond donors (Lipinski definition) is 3. The number of amides is 3. The van der Waals surface area contributed by atoms with Gasteiger partial charge in [0.25, 0.3) is 0 Å². The third kappa shape index (κ3) is 4.12. The fourth-order valence-electron chi connectivity index (χ4n) is 1.60. The predicted octanol–water partition coefficient (Wildman–Crippen LogP) is 1.68. The predicted molar refractivity (Wildman–Crippen MR) is 72.9 cm³/mol. The van der Waals surface area contributed by atoms with Gasteiger partial charge in [0.15, 0.2) is 0 Å². The van der Waals surface area contributed by atoms with E-state index in [9.17, 15) is 9.59 Å². The highest BCUT2D eigenvalue weighted by atomic mass is 79.9. The Bertz CT molecular complexity index is 451. The molecule has 0 fully saturated rings. The highest BCUT2D eigenvalue weighted by molar-refractivity contribution is 9.10. The molecule has 1 aromatic rings. The standard InChI is InChI=1S/C12H16BrN3O2/c1-7(9-5-3-4-6-10(9)13)15-8(2)11(17)16-12(14)18/h3-8,15H,1-2H3,(H3,14,16,17,18)/t7-,8?/m0/s1. The second kappa shape index (κ2) is 6.51. The van der Waals surface area contributed by atoms with Gasteiger partial charge in [-0.05, 0) is 25.5 Å². The quantitative estimate of drug-likeness (QED) is 0.790. The first kappa shape index (κ1) is 14.7. The molecule has 18 heavy (non-hydrogen) atoms. The lowest BCUT2D eigenvalue weighted by atomic mass is 10.1. The van der Waals surface area contributed by atoms with Gasteiger partial charge in [-0.3, -0.25) is 15.4 Å². The lowest BCUT2D eigenvalue weighted by Gasteiger charge is -2.20. The SMILES string of the molecule is CC(N[C@@H](C)c1ccccc1Br)C(=O)NC(N)=O. The largest absolute Gasteiger partial charge is 0.351 e. The number of imide groups is 1. The summed E-state index contributed by atoms with van der Waals surface area (Å²) in [4.78, 5) is 22.1. The maximum absolute atomic E-state index is 11.5. The van der Waals surface area contributed by atoms with Gasteiger partial charge < -0.3 is 5.73 Å². The van der Waals surface area contributed by atoms with Gasteiger partial charge in [-0.25, -0.2) is 4.79 Å². The molecule has 4 N–H and O–H groups in total. The van der Waals surface area contributed by atoms with Gasteiger partial charge in [-0.1, -0.05) is 34.1 Å². The first-order chi connectivity index (χ1) is 8.41. The molecule has 3 amide bonds. The van der Waals surface area contributed by atoms with Crippen molar-refractivity contribution < 1.29 is 9.59 Å². The third-order valence-electron chi connectivity index (χ3n) is 2.51. The van der Waals surface area contributed by atoms with Gasteiger partial charge in [0.2, 0.25) is 5.91 Å². The Kier molecular flexibility index (Phi) is 5.30. The fraction of sp³-hybridized carbons (Fsp3) is 0.333. The molecule has 0 heterocycles. The number of urea groups is 1. The van der Waals surface area contributed by atoms with E-state index in [1.165, 1.54) is 0 Å². The van der Waals surface area contributed by atoms with Crippen LogP contribution < -0.4 is 16.4 Å². The van der Waals surface area contributed by atoms with Gasteiger partial charge in [0.1, 0.15) is 0 Å². The van der Waals surface area contributed by atoms with E-state index in [0.717, 1.165) is 10.0 Å². The van der Waals surface area contributed by atoms with Crippen molar-refractivity contribution in [3.05, 3.63) is 34.3 Å². The van der Waals surface area contributed by atoms with Crippen LogP contribution in [0.2, 0.25) is 0 Å². The molecule has 0 saturated heterocycles. The van der Waals surface area contributed by atoms with Gasteiger partial charge in [-0.2, -0.15) is 0 Å². The van der Waals surface area contributed by atoms with Crippen LogP contribution in [0.25, 0.3) is 0 Å². The lowest BCUT2D eigenvalue weighted by Crippen LogP contribution is -2.47. The highest BCUT2D eigenvalue weighted by Crippen LogP contribution is 2.22. The number of rotatable bonds is 4. The van der Waals surface area contributed by atoms with Gasteiger partial charge >= 0.3 is 6.03 Å². The number of nitrogens with one attached hydrogen (secondary N) is 2. The number of carbonyl (C=O) groups excluding carboxylic acids is 2. The average Bonchev–Trinajstić information content (AvgIpc) is 2.28. The van der Waals surface area contributed by atoms with E-state index in [4.69, 9.17) is 5.73 Å². The second-order valence-corrected chi connectivity index (χ2v) is 4.84. The van der Waals surface area contributed by atoms with Crippen LogP contribution in [0, 0.1) is 0 Å². The van der Waals surface area contributed by atoms with E-state index in [-0.39, 0.29) is 6.04 Å². The van der Waals surface area contributed by atoms with Crippen molar-refractivity contribution in [3.8, 4) is 0 Å². The molecule has 0 aliphatic rings. The Hall–Kier alpha value is -1.40. The van der Waals surface area contributed by atoms with E-state index < -0.39 is 18.0 Å². The van der Waals surface area contributed by atoms with Crippen molar-refractivity contribution in [2.24, 2.45) is 5.73 Å². The summed E-state index contributed by atoms with van der Waals surface area (Å²) in [5, 5.41) is 5.13. The van der Waals surface area contributed by atoms with Crippen molar-refractivity contribution in [1.29, 1.82) is 0 Å². The monoisotopic (exact) mass is 313 g/mol. The van der Waals surface area contributed by atoms with Crippen LogP contribution >= 0.6 is 15.9 Å². The Morgan fingerprint density at radius 3 is 2.44 bits per heavy atom. The molecule has 0 aliphatic heterocycles. The molecule has 0 aliphatic carbocycles. The highest BCUT2D eigenvalue weighted by Gasteiger charge is 2.18. The Morgan fingerprint density at radius 1 is 1.28 bits per heavy atom. The summed E-state index contributed by atoms with van der Waals surface area (Å²) in [7, 11) is 0. The average molecular weight is 314 g/mol. The first-order valence-corrected chi connectivity index (χ1v) is 6.32. The zero-order valence-corrected chi connectivity index (χ0v) is 11.8. The Balaban J connectivity index is 2.65. The summed E-state index contributed by atoms with van der Waals surface area (Å²) in [6.45, 7) is 3.61. The number of primary amides is 1. The van der Waals surface area contributed by atoms with Crippen molar-refractivity contribution in [2.45, 2.75) is 25.9 Å². The van der Waals surface area contributed by atoms with E-state index in [1.54, 1.807) is 6.92 Å². The molecule has 0 aromatic heterocycles. The first-order valence-electron chi connectivity index (χ1n) is 5.52.